The summed E-state index contributed by atoms with van der Waals surface area (Å²) in [5, 5.41) is 18.8. The van der Waals surface area contributed by atoms with E-state index in [0.29, 0.717) is 13.2 Å². The molecule has 0 bridgehead atoms. The maximum Gasteiger partial charge on any atom is 0.151 e. The number of anilines is 2. The summed E-state index contributed by atoms with van der Waals surface area (Å²) in [6.45, 7) is 7.97. The monoisotopic (exact) mass is 335 g/mol. The van der Waals surface area contributed by atoms with Crippen LogP contribution in [0.4, 0.5) is 11.6 Å². The van der Waals surface area contributed by atoms with Crippen LogP contribution in [-0.4, -0.2) is 98.0 Å². The van der Waals surface area contributed by atoms with E-state index in [1.165, 1.54) is 0 Å². The van der Waals surface area contributed by atoms with E-state index < -0.39 is 0 Å². The molecule has 3 saturated heterocycles. The first-order chi connectivity index (χ1) is 11.8. The van der Waals surface area contributed by atoms with E-state index in [-0.39, 0.29) is 12.1 Å². The van der Waals surface area contributed by atoms with Crippen molar-refractivity contribution >= 4 is 11.6 Å². The third kappa shape index (κ3) is 3.32. The smallest absolute Gasteiger partial charge is 0.151 e. The summed E-state index contributed by atoms with van der Waals surface area (Å²) in [6.07, 6.45) is -0.357. The van der Waals surface area contributed by atoms with Crippen molar-refractivity contribution in [3.05, 3.63) is 12.1 Å². The first-order valence-corrected chi connectivity index (χ1v) is 8.72. The molecular formula is C16H25N5O3. The minimum absolute atomic E-state index is 0.141. The zero-order chi connectivity index (χ0) is 16.4. The molecule has 0 amide bonds. The molecule has 132 valence electrons. The second kappa shape index (κ2) is 7.18. The Hall–Kier alpha value is -1.48. The maximum atomic E-state index is 9.96. The van der Waals surface area contributed by atoms with Gasteiger partial charge in [0.05, 0.1) is 38.6 Å². The van der Waals surface area contributed by atoms with Gasteiger partial charge >= 0.3 is 0 Å². The molecule has 2 atom stereocenters. The van der Waals surface area contributed by atoms with Crippen LogP contribution in [0, 0.1) is 0 Å². The Labute approximate surface area is 142 Å². The molecule has 0 radical (unpaired) electrons. The Morgan fingerprint density at radius 3 is 2.00 bits per heavy atom. The van der Waals surface area contributed by atoms with Crippen LogP contribution in [0.5, 0.6) is 0 Å². The van der Waals surface area contributed by atoms with Gasteiger partial charge < -0.3 is 24.4 Å². The molecule has 0 saturated carbocycles. The van der Waals surface area contributed by atoms with Crippen molar-refractivity contribution in [1.29, 1.82) is 0 Å². The molecule has 8 nitrogen and oxygen atoms in total. The number of nitrogens with zero attached hydrogens (tertiary/aromatic N) is 5. The predicted octanol–water partition coefficient (Wildman–Crippen LogP) is -0.805. The lowest BCUT2D eigenvalue weighted by Gasteiger charge is -2.38. The Balaban J connectivity index is 1.33. The van der Waals surface area contributed by atoms with Crippen LogP contribution in [0.25, 0.3) is 0 Å². The average Bonchev–Trinajstić information content (AvgIpc) is 3.09. The molecule has 3 aliphatic heterocycles. The van der Waals surface area contributed by atoms with Gasteiger partial charge in [-0.15, -0.1) is 10.2 Å². The molecule has 1 aromatic rings. The summed E-state index contributed by atoms with van der Waals surface area (Å²) >= 11 is 0. The van der Waals surface area contributed by atoms with Gasteiger partial charge in [0.15, 0.2) is 11.6 Å². The van der Waals surface area contributed by atoms with Gasteiger partial charge in [-0.05, 0) is 12.1 Å². The lowest BCUT2D eigenvalue weighted by Crippen LogP contribution is -2.53. The van der Waals surface area contributed by atoms with Crippen LogP contribution < -0.4 is 9.80 Å². The van der Waals surface area contributed by atoms with E-state index in [1.807, 2.05) is 0 Å². The number of aliphatic hydroxyl groups excluding tert-OH is 1. The van der Waals surface area contributed by atoms with Crippen molar-refractivity contribution in [3.63, 3.8) is 0 Å². The summed E-state index contributed by atoms with van der Waals surface area (Å²) in [7, 11) is 0. The van der Waals surface area contributed by atoms with Crippen LogP contribution in [0.2, 0.25) is 0 Å². The molecule has 0 aliphatic carbocycles. The van der Waals surface area contributed by atoms with Crippen LogP contribution in [0.15, 0.2) is 12.1 Å². The second-order valence-corrected chi connectivity index (χ2v) is 6.54. The number of hydrogen-bond donors (Lipinski definition) is 1. The lowest BCUT2D eigenvalue weighted by atomic mass is 10.1. The standard InChI is InChI=1S/C16H25N5O3/c22-14-12-24-11-13(14)19-3-5-20(6-4-19)15-1-2-16(18-17-15)21-7-9-23-10-8-21/h1-2,13-14,22H,3-12H2. The van der Waals surface area contributed by atoms with Gasteiger partial charge in [0, 0.05) is 39.3 Å². The van der Waals surface area contributed by atoms with Crippen molar-refractivity contribution in [3.8, 4) is 0 Å². The average molecular weight is 335 g/mol. The Morgan fingerprint density at radius 1 is 0.833 bits per heavy atom. The summed E-state index contributed by atoms with van der Waals surface area (Å²) in [4.78, 5) is 6.79. The molecule has 0 aromatic carbocycles. The molecule has 2 unspecified atom stereocenters. The number of ether oxygens (including phenoxy) is 2. The number of rotatable bonds is 3. The molecule has 0 spiro atoms. The zero-order valence-corrected chi connectivity index (χ0v) is 13.9. The number of aliphatic hydroxyl groups is 1. The van der Waals surface area contributed by atoms with Gasteiger partial charge in [0.25, 0.3) is 0 Å². The van der Waals surface area contributed by atoms with Crippen LogP contribution in [0.3, 0.4) is 0 Å². The highest BCUT2D eigenvalue weighted by Crippen LogP contribution is 2.20. The number of piperazine rings is 1. The quantitative estimate of drug-likeness (QED) is 0.769. The van der Waals surface area contributed by atoms with Crippen molar-refractivity contribution in [2.24, 2.45) is 0 Å². The molecule has 8 heteroatoms. The maximum absolute atomic E-state index is 9.96. The minimum Gasteiger partial charge on any atom is -0.389 e. The van der Waals surface area contributed by atoms with Crippen molar-refractivity contribution < 1.29 is 14.6 Å². The van der Waals surface area contributed by atoms with Gasteiger partial charge in [0.1, 0.15) is 0 Å². The van der Waals surface area contributed by atoms with Crippen molar-refractivity contribution in [2.45, 2.75) is 12.1 Å². The largest absolute Gasteiger partial charge is 0.389 e. The van der Waals surface area contributed by atoms with Gasteiger partial charge in [0.2, 0.25) is 0 Å². The summed E-state index contributed by atoms with van der Waals surface area (Å²) in [6, 6.07) is 4.25. The second-order valence-electron chi connectivity index (χ2n) is 6.54. The zero-order valence-electron chi connectivity index (χ0n) is 13.9. The number of morpholine rings is 1. The number of hydrogen-bond acceptors (Lipinski definition) is 8. The molecule has 4 rings (SSSR count). The first-order valence-electron chi connectivity index (χ1n) is 8.72. The fourth-order valence-corrected chi connectivity index (χ4v) is 3.61. The normalized spacial score (nSPS) is 29.2. The van der Waals surface area contributed by atoms with E-state index in [4.69, 9.17) is 9.47 Å². The third-order valence-corrected chi connectivity index (χ3v) is 5.10. The molecule has 3 fully saturated rings. The van der Waals surface area contributed by atoms with Gasteiger partial charge in [-0.1, -0.05) is 0 Å². The van der Waals surface area contributed by atoms with Crippen molar-refractivity contribution in [1.82, 2.24) is 15.1 Å². The Morgan fingerprint density at radius 2 is 1.46 bits per heavy atom. The van der Waals surface area contributed by atoms with E-state index >= 15 is 0 Å². The lowest BCUT2D eigenvalue weighted by molar-refractivity contribution is 0.0784. The first kappa shape index (κ1) is 16.0. The predicted molar refractivity (Wildman–Crippen MR) is 89.5 cm³/mol. The summed E-state index contributed by atoms with van der Waals surface area (Å²) in [5.74, 6) is 1.85. The Bertz CT molecular complexity index is 529. The minimum atomic E-state index is -0.357. The van der Waals surface area contributed by atoms with E-state index in [1.54, 1.807) is 0 Å². The van der Waals surface area contributed by atoms with Crippen molar-refractivity contribution in [2.75, 3.05) is 75.5 Å². The van der Waals surface area contributed by atoms with Crippen LogP contribution >= 0.6 is 0 Å². The van der Waals surface area contributed by atoms with Gasteiger partial charge in [-0.2, -0.15) is 0 Å². The molecule has 1 N–H and O–H groups in total. The third-order valence-electron chi connectivity index (χ3n) is 5.10. The van der Waals surface area contributed by atoms with E-state index in [2.05, 4.69) is 37.0 Å². The molecular weight excluding hydrogens is 310 g/mol. The molecule has 4 heterocycles. The fraction of sp³-hybridized carbons (Fsp3) is 0.750. The highest BCUT2D eigenvalue weighted by Gasteiger charge is 2.33. The number of aromatic nitrogens is 2. The van der Waals surface area contributed by atoms with E-state index in [9.17, 15) is 5.11 Å². The summed E-state index contributed by atoms with van der Waals surface area (Å²) < 4.78 is 10.7. The van der Waals surface area contributed by atoms with Crippen LogP contribution in [-0.2, 0) is 9.47 Å². The SMILES string of the molecule is OC1COCC1N1CCN(c2ccc(N3CCOCC3)nn2)CC1. The summed E-state index contributed by atoms with van der Waals surface area (Å²) in [5.41, 5.74) is 0. The topological polar surface area (TPSA) is 74.2 Å². The molecule has 1 aromatic heterocycles. The van der Waals surface area contributed by atoms with Gasteiger partial charge in [-0.3, -0.25) is 4.90 Å². The van der Waals surface area contributed by atoms with E-state index in [0.717, 1.165) is 64.1 Å². The highest BCUT2D eigenvalue weighted by atomic mass is 16.5. The van der Waals surface area contributed by atoms with Gasteiger partial charge in [-0.25, -0.2) is 0 Å². The molecule has 24 heavy (non-hydrogen) atoms. The Kier molecular flexibility index (Phi) is 4.79. The highest BCUT2D eigenvalue weighted by molar-refractivity contribution is 5.45. The van der Waals surface area contributed by atoms with Crippen LogP contribution in [0.1, 0.15) is 0 Å². The fourth-order valence-electron chi connectivity index (χ4n) is 3.61. The molecule has 3 aliphatic rings.